The van der Waals surface area contributed by atoms with E-state index < -0.39 is 8.80 Å². The number of unbranched alkanes of at least 4 members (excludes halogenated alkanes) is 2. The fourth-order valence-electron chi connectivity index (χ4n) is 0.500. The Morgan fingerprint density at radius 3 is 2.22 bits per heavy atom. The van der Waals surface area contributed by atoms with Crippen LogP contribution in [0, 0.1) is 6.04 Å². The Morgan fingerprint density at radius 2 is 1.89 bits per heavy atom. The fourth-order valence-corrected chi connectivity index (χ4v) is 1.09. The van der Waals surface area contributed by atoms with E-state index in [0.29, 0.717) is 6.42 Å². The van der Waals surface area contributed by atoms with E-state index in [1.165, 1.54) is 6.04 Å². The van der Waals surface area contributed by atoms with Crippen molar-refractivity contribution in [2.45, 2.75) is 26.2 Å². The van der Waals surface area contributed by atoms with E-state index in [4.69, 9.17) is 14.4 Å². The fraction of sp³-hybridized carbons (Fsp3) is 0.800. The summed E-state index contributed by atoms with van der Waals surface area (Å²) in [4.78, 5) is 25.3. The van der Waals surface area contributed by atoms with Crippen LogP contribution in [0.25, 0.3) is 0 Å². The summed E-state index contributed by atoms with van der Waals surface area (Å²) < 4.78 is 0. The standard InChI is InChI=1S/C5H13O3Si/c1-2-3-4-5-9(6,7)8/h5-8H,2-4H2,1H3. The Kier molecular flexibility index (Phi) is 4.04. The van der Waals surface area contributed by atoms with E-state index >= 15 is 0 Å². The minimum Gasteiger partial charge on any atom is -0.390 e. The van der Waals surface area contributed by atoms with E-state index in [0.717, 1.165) is 12.8 Å². The maximum absolute atomic E-state index is 8.44. The van der Waals surface area contributed by atoms with E-state index in [9.17, 15) is 0 Å². The third-order valence-electron chi connectivity index (χ3n) is 0.976. The summed E-state index contributed by atoms with van der Waals surface area (Å²) in [6, 6.07) is 1.20. The molecule has 1 radical (unpaired) electrons. The van der Waals surface area contributed by atoms with Gasteiger partial charge in [0.25, 0.3) is 0 Å². The molecule has 0 aliphatic heterocycles. The van der Waals surface area contributed by atoms with Crippen LogP contribution >= 0.6 is 0 Å². The maximum atomic E-state index is 8.44. The zero-order chi connectivity index (χ0) is 7.33. The van der Waals surface area contributed by atoms with Crippen molar-refractivity contribution in [3.8, 4) is 0 Å². The summed E-state index contributed by atoms with van der Waals surface area (Å²) in [5.74, 6) is 0. The second-order valence-corrected chi connectivity index (χ2v) is 3.82. The molecule has 9 heavy (non-hydrogen) atoms. The van der Waals surface area contributed by atoms with Gasteiger partial charge >= 0.3 is 8.80 Å². The van der Waals surface area contributed by atoms with Crippen molar-refractivity contribution in [2.75, 3.05) is 0 Å². The molecule has 0 aliphatic rings. The lowest BCUT2D eigenvalue weighted by molar-refractivity contribution is 0.238. The van der Waals surface area contributed by atoms with Gasteiger partial charge in [-0.05, 0) is 6.42 Å². The van der Waals surface area contributed by atoms with E-state index in [2.05, 4.69) is 0 Å². The maximum Gasteiger partial charge on any atom is 0.496 e. The minimum absolute atomic E-state index is 0.590. The van der Waals surface area contributed by atoms with Gasteiger partial charge in [0.1, 0.15) is 0 Å². The monoisotopic (exact) mass is 149 g/mol. The van der Waals surface area contributed by atoms with E-state index in [-0.39, 0.29) is 0 Å². The average Bonchev–Trinajstić information content (AvgIpc) is 1.63. The first-order valence-electron chi connectivity index (χ1n) is 3.07. The molecule has 0 unspecified atom stereocenters. The Labute approximate surface area is 56.3 Å². The molecule has 0 atom stereocenters. The van der Waals surface area contributed by atoms with Gasteiger partial charge < -0.3 is 14.4 Å². The zero-order valence-corrected chi connectivity index (χ0v) is 6.54. The van der Waals surface area contributed by atoms with Gasteiger partial charge in [-0.3, -0.25) is 0 Å². The van der Waals surface area contributed by atoms with E-state index in [1.54, 1.807) is 0 Å². The molecule has 0 heterocycles. The van der Waals surface area contributed by atoms with Gasteiger partial charge in [-0.2, -0.15) is 0 Å². The topological polar surface area (TPSA) is 60.7 Å². The molecule has 0 bridgehead atoms. The second kappa shape index (κ2) is 4.00. The van der Waals surface area contributed by atoms with Gasteiger partial charge in [0, 0.05) is 6.04 Å². The first kappa shape index (κ1) is 9.10. The Hall–Kier alpha value is 0.0969. The lowest BCUT2D eigenvalue weighted by Crippen LogP contribution is -2.35. The summed E-state index contributed by atoms with van der Waals surface area (Å²) in [6.45, 7) is 2.00. The molecule has 4 heteroatoms. The Morgan fingerprint density at radius 1 is 1.33 bits per heavy atom. The quantitative estimate of drug-likeness (QED) is 0.384. The summed E-state index contributed by atoms with van der Waals surface area (Å²) in [5, 5.41) is 0. The predicted octanol–water partition coefficient (Wildman–Crippen LogP) is -0.164. The van der Waals surface area contributed by atoms with Crippen LogP contribution in [0.4, 0.5) is 0 Å². The smallest absolute Gasteiger partial charge is 0.390 e. The molecule has 0 saturated heterocycles. The van der Waals surface area contributed by atoms with Crippen LogP contribution in [0.5, 0.6) is 0 Å². The van der Waals surface area contributed by atoms with Crippen LogP contribution in [0.2, 0.25) is 0 Å². The highest BCUT2D eigenvalue weighted by Crippen LogP contribution is 2.02. The van der Waals surface area contributed by atoms with Gasteiger partial charge in [-0.1, -0.05) is 19.8 Å². The van der Waals surface area contributed by atoms with Crippen LogP contribution in [0.15, 0.2) is 0 Å². The van der Waals surface area contributed by atoms with Crippen molar-refractivity contribution in [3.63, 3.8) is 0 Å². The van der Waals surface area contributed by atoms with Crippen molar-refractivity contribution in [1.82, 2.24) is 0 Å². The van der Waals surface area contributed by atoms with Crippen LogP contribution in [0.3, 0.4) is 0 Å². The van der Waals surface area contributed by atoms with Crippen molar-refractivity contribution in [3.05, 3.63) is 6.04 Å². The summed E-state index contributed by atoms with van der Waals surface area (Å²) in [6.07, 6.45) is 2.49. The van der Waals surface area contributed by atoms with Crippen LogP contribution < -0.4 is 0 Å². The highest BCUT2D eigenvalue weighted by atomic mass is 28.4. The normalized spacial score (nSPS) is 12.0. The minimum atomic E-state index is -3.82. The molecule has 0 aromatic carbocycles. The molecular formula is C5H13O3Si. The van der Waals surface area contributed by atoms with Gasteiger partial charge in [-0.25, -0.2) is 0 Å². The molecule has 3 nitrogen and oxygen atoms in total. The highest BCUT2D eigenvalue weighted by Gasteiger charge is 2.25. The van der Waals surface area contributed by atoms with Crippen LogP contribution in [-0.2, 0) is 0 Å². The summed E-state index contributed by atoms with van der Waals surface area (Å²) in [7, 11) is -3.82. The van der Waals surface area contributed by atoms with Crippen molar-refractivity contribution in [2.24, 2.45) is 0 Å². The van der Waals surface area contributed by atoms with Gasteiger partial charge in [-0.15, -0.1) is 0 Å². The number of rotatable bonds is 4. The molecule has 0 aromatic rings. The molecule has 0 aliphatic carbocycles. The largest absolute Gasteiger partial charge is 0.496 e. The molecule has 55 valence electrons. The summed E-state index contributed by atoms with van der Waals surface area (Å²) >= 11 is 0. The molecule has 0 amide bonds. The molecule has 0 rings (SSSR count). The molecule has 3 N–H and O–H groups in total. The van der Waals surface area contributed by atoms with Gasteiger partial charge in [0.2, 0.25) is 0 Å². The lowest BCUT2D eigenvalue weighted by Gasteiger charge is -2.06. The predicted molar refractivity (Wildman–Crippen MR) is 36.2 cm³/mol. The summed E-state index contributed by atoms with van der Waals surface area (Å²) in [5.41, 5.74) is 0. The highest BCUT2D eigenvalue weighted by molar-refractivity contribution is 6.60. The second-order valence-electron chi connectivity index (χ2n) is 2.03. The molecule has 0 fully saturated rings. The first-order chi connectivity index (χ1) is 4.06. The Balaban J connectivity index is 3.07. The third-order valence-corrected chi connectivity index (χ3v) is 1.81. The molecular weight excluding hydrogens is 136 g/mol. The van der Waals surface area contributed by atoms with Crippen molar-refractivity contribution < 1.29 is 14.4 Å². The van der Waals surface area contributed by atoms with Gasteiger partial charge in [0.15, 0.2) is 0 Å². The van der Waals surface area contributed by atoms with Crippen molar-refractivity contribution in [1.29, 1.82) is 0 Å². The first-order valence-corrected chi connectivity index (χ1v) is 4.99. The van der Waals surface area contributed by atoms with Gasteiger partial charge in [0.05, 0.1) is 0 Å². The van der Waals surface area contributed by atoms with Crippen LogP contribution in [-0.4, -0.2) is 23.2 Å². The van der Waals surface area contributed by atoms with Crippen molar-refractivity contribution >= 4 is 8.80 Å². The SMILES string of the molecule is CCCC[CH][Si](O)(O)O. The molecule has 0 aromatic heterocycles. The van der Waals surface area contributed by atoms with E-state index in [1.807, 2.05) is 6.92 Å². The zero-order valence-electron chi connectivity index (χ0n) is 5.54. The average molecular weight is 149 g/mol. The molecule has 0 spiro atoms. The number of hydrogen-bond acceptors (Lipinski definition) is 3. The van der Waals surface area contributed by atoms with Crippen LogP contribution in [0.1, 0.15) is 26.2 Å². The third kappa shape index (κ3) is 8.10. The molecule has 0 saturated carbocycles. The lowest BCUT2D eigenvalue weighted by atomic mass is 10.3. The Bertz CT molecular complexity index is 69.1. The number of hydrogen-bond donors (Lipinski definition) is 3.